The van der Waals surface area contributed by atoms with Crippen LogP contribution in [0.15, 0.2) is 53.0 Å². The number of nitrogens with zero attached hydrogens (tertiary/aromatic N) is 1. The van der Waals surface area contributed by atoms with Crippen molar-refractivity contribution in [1.29, 1.82) is 0 Å². The number of carbonyl (C=O) groups excluding carboxylic acids is 4. The Labute approximate surface area is 185 Å². The number of rotatable bonds is 6. The highest BCUT2D eigenvalue weighted by molar-refractivity contribution is 9.10. The van der Waals surface area contributed by atoms with Crippen molar-refractivity contribution in [1.82, 2.24) is 15.2 Å². The van der Waals surface area contributed by atoms with E-state index in [1.165, 1.54) is 0 Å². The molecular weight excluding hydrogens is 466 g/mol. The molecule has 158 valence electrons. The molecule has 1 fully saturated rings. The molecule has 0 unspecified atom stereocenters. The third-order valence-electron chi connectivity index (χ3n) is 4.80. The van der Waals surface area contributed by atoms with Gasteiger partial charge in [0.1, 0.15) is 5.69 Å². The second-order valence-electron chi connectivity index (χ2n) is 6.89. The zero-order valence-corrected chi connectivity index (χ0v) is 17.8. The molecule has 9 nitrogen and oxygen atoms in total. The van der Waals surface area contributed by atoms with Crippen LogP contribution in [0, 0.1) is 0 Å². The molecule has 0 spiro atoms. The fourth-order valence-corrected chi connectivity index (χ4v) is 3.84. The van der Waals surface area contributed by atoms with Gasteiger partial charge in [-0.05, 0) is 46.3 Å². The highest BCUT2D eigenvalue weighted by Gasteiger charge is 2.28. The number of anilines is 2. The van der Waals surface area contributed by atoms with Gasteiger partial charge in [-0.1, -0.05) is 18.2 Å². The van der Waals surface area contributed by atoms with Crippen LogP contribution in [0.25, 0.3) is 10.9 Å². The van der Waals surface area contributed by atoms with E-state index in [1.807, 2.05) is 24.3 Å². The Morgan fingerprint density at radius 1 is 1.00 bits per heavy atom. The lowest BCUT2D eigenvalue weighted by Gasteiger charge is -2.12. The molecule has 2 aromatic carbocycles. The number of para-hydroxylation sites is 1. The minimum atomic E-state index is -0.487. The first-order chi connectivity index (χ1) is 14.9. The first-order valence-corrected chi connectivity index (χ1v) is 10.3. The second-order valence-corrected chi connectivity index (χ2v) is 7.69. The number of hydrogen-bond acceptors (Lipinski definition) is 4. The molecule has 0 radical (unpaired) electrons. The van der Waals surface area contributed by atoms with Crippen molar-refractivity contribution in [2.24, 2.45) is 0 Å². The Morgan fingerprint density at radius 3 is 2.32 bits per heavy atom. The van der Waals surface area contributed by atoms with Gasteiger partial charge in [-0.2, -0.15) is 0 Å². The van der Waals surface area contributed by atoms with Gasteiger partial charge in [0.15, 0.2) is 0 Å². The highest BCUT2D eigenvalue weighted by atomic mass is 79.9. The van der Waals surface area contributed by atoms with Gasteiger partial charge in [0.2, 0.25) is 11.8 Å². The van der Waals surface area contributed by atoms with Crippen molar-refractivity contribution < 1.29 is 19.2 Å². The zero-order valence-electron chi connectivity index (χ0n) is 16.2. The average molecular weight is 484 g/mol. The van der Waals surface area contributed by atoms with Crippen LogP contribution in [0.5, 0.6) is 0 Å². The van der Waals surface area contributed by atoms with Crippen LogP contribution in [0.2, 0.25) is 0 Å². The first-order valence-electron chi connectivity index (χ1n) is 9.48. The monoisotopic (exact) mass is 483 g/mol. The number of halogens is 1. The lowest BCUT2D eigenvalue weighted by molar-refractivity contribution is -0.125. The van der Waals surface area contributed by atoms with Crippen molar-refractivity contribution in [3.8, 4) is 0 Å². The number of imide groups is 1. The summed E-state index contributed by atoms with van der Waals surface area (Å²) >= 11 is 3.46. The number of nitrogens with one attached hydrogen (secondary N) is 4. The maximum atomic E-state index is 12.6. The van der Waals surface area contributed by atoms with E-state index in [0.29, 0.717) is 21.5 Å². The molecule has 2 heterocycles. The summed E-state index contributed by atoms with van der Waals surface area (Å²) in [5.41, 5.74) is 2.37. The van der Waals surface area contributed by atoms with Gasteiger partial charge in [0.25, 0.3) is 5.91 Å². The summed E-state index contributed by atoms with van der Waals surface area (Å²) in [4.78, 5) is 51.8. The number of aromatic amines is 1. The standard InChI is InChI=1S/C21H18BrN5O4/c22-18-14-3-1-2-4-15(14)26-19(18)20(30)25-13-7-5-12(6-8-13)24-16(28)9-10-27-17(29)11-23-21(27)31/h1-8,26H,9-11H2,(H,23,31)(H,24,28)(H,25,30). The lowest BCUT2D eigenvalue weighted by Crippen LogP contribution is -2.33. The number of aromatic nitrogens is 1. The smallest absolute Gasteiger partial charge is 0.324 e. The van der Waals surface area contributed by atoms with Crippen molar-refractivity contribution in [3.63, 3.8) is 0 Å². The number of benzene rings is 2. The summed E-state index contributed by atoms with van der Waals surface area (Å²) in [6, 6.07) is 13.7. The average Bonchev–Trinajstić information content (AvgIpc) is 3.27. The SMILES string of the molecule is O=C(CCN1C(=O)CNC1=O)Nc1ccc(NC(=O)c2[nH]c3ccccc3c2Br)cc1. The highest BCUT2D eigenvalue weighted by Crippen LogP contribution is 2.28. The van der Waals surface area contributed by atoms with Crippen molar-refractivity contribution in [2.45, 2.75) is 6.42 Å². The lowest BCUT2D eigenvalue weighted by atomic mass is 10.2. The fraction of sp³-hybridized carbons (Fsp3) is 0.143. The van der Waals surface area contributed by atoms with Gasteiger partial charge in [-0.15, -0.1) is 0 Å². The van der Waals surface area contributed by atoms with Gasteiger partial charge in [0, 0.05) is 35.2 Å². The van der Waals surface area contributed by atoms with Gasteiger partial charge in [-0.25, -0.2) is 4.79 Å². The van der Waals surface area contributed by atoms with Gasteiger partial charge >= 0.3 is 6.03 Å². The van der Waals surface area contributed by atoms with Gasteiger partial charge in [-0.3, -0.25) is 19.3 Å². The summed E-state index contributed by atoms with van der Waals surface area (Å²) < 4.78 is 0.689. The molecule has 1 aromatic heterocycles. The van der Waals surface area contributed by atoms with E-state index in [0.717, 1.165) is 15.8 Å². The minimum Gasteiger partial charge on any atom is -0.350 e. The maximum absolute atomic E-state index is 12.6. The Bertz CT molecular complexity index is 1170. The number of carbonyl (C=O) groups is 4. The van der Waals surface area contributed by atoms with Crippen LogP contribution in [0.4, 0.5) is 16.2 Å². The Balaban J connectivity index is 1.34. The normalized spacial score (nSPS) is 13.4. The van der Waals surface area contributed by atoms with E-state index in [1.54, 1.807) is 24.3 Å². The first kappa shape index (κ1) is 20.6. The van der Waals surface area contributed by atoms with E-state index in [2.05, 4.69) is 36.9 Å². The predicted molar refractivity (Wildman–Crippen MR) is 119 cm³/mol. The fourth-order valence-electron chi connectivity index (χ4n) is 3.21. The van der Waals surface area contributed by atoms with Crippen molar-refractivity contribution in [3.05, 3.63) is 58.7 Å². The number of fused-ring (bicyclic) bond motifs is 1. The molecule has 0 aliphatic carbocycles. The third kappa shape index (κ3) is 4.43. The molecule has 3 aromatic rings. The van der Waals surface area contributed by atoms with Crippen LogP contribution in [0.3, 0.4) is 0 Å². The van der Waals surface area contributed by atoms with Crippen LogP contribution in [-0.2, 0) is 9.59 Å². The third-order valence-corrected chi connectivity index (χ3v) is 5.62. The maximum Gasteiger partial charge on any atom is 0.324 e. The van der Waals surface area contributed by atoms with Crippen molar-refractivity contribution >= 4 is 62.0 Å². The molecule has 1 aliphatic rings. The topological polar surface area (TPSA) is 123 Å². The molecule has 0 saturated carbocycles. The molecule has 4 rings (SSSR count). The molecule has 10 heteroatoms. The Morgan fingerprint density at radius 2 is 1.68 bits per heavy atom. The largest absolute Gasteiger partial charge is 0.350 e. The molecular formula is C21H18BrN5O4. The van der Waals surface area contributed by atoms with E-state index in [-0.39, 0.29) is 37.2 Å². The van der Waals surface area contributed by atoms with E-state index < -0.39 is 6.03 Å². The number of amides is 5. The summed E-state index contributed by atoms with van der Waals surface area (Å²) in [7, 11) is 0. The molecule has 5 amide bonds. The van der Waals surface area contributed by atoms with Crippen LogP contribution in [0.1, 0.15) is 16.9 Å². The quantitative estimate of drug-likeness (QED) is 0.402. The summed E-state index contributed by atoms with van der Waals surface area (Å²) in [5, 5.41) is 8.83. The number of urea groups is 1. The van der Waals surface area contributed by atoms with Crippen LogP contribution < -0.4 is 16.0 Å². The van der Waals surface area contributed by atoms with Gasteiger partial charge in [0.05, 0.1) is 11.0 Å². The summed E-state index contributed by atoms with van der Waals surface area (Å²) in [6.07, 6.45) is -0.00788. The van der Waals surface area contributed by atoms with E-state index in [4.69, 9.17) is 0 Å². The van der Waals surface area contributed by atoms with E-state index in [9.17, 15) is 19.2 Å². The molecule has 31 heavy (non-hydrogen) atoms. The van der Waals surface area contributed by atoms with Crippen molar-refractivity contribution in [2.75, 3.05) is 23.7 Å². The summed E-state index contributed by atoms with van der Waals surface area (Å²) in [6.45, 7) is -0.0211. The second kappa shape index (κ2) is 8.60. The molecule has 1 aliphatic heterocycles. The Hall–Kier alpha value is -3.66. The predicted octanol–water partition coefficient (Wildman–Crippen LogP) is 3.06. The number of H-pyrrole nitrogens is 1. The van der Waals surface area contributed by atoms with Gasteiger partial charge < -0.3 is 20.9 Å². The van der Waals surface area contributed by atoms with Crippen LogP contribution in [-0.4, -0.2) is 46.7 Å². The zero-order chi connectivity index (χ0) is 22.0. The Kier molecular flexibility index (Phi) is 5.72. The minimum absolute atomic E-state index is 0.00788. The van der Waals surface area contributed by atoms with E-state index >= 15 is 0 Å². The van der Waals surface area contributed by atoms with Crippen LogP contribution >= 0.6 is 15.9 Å². The molecule has 4 N–H and O–H groups in total. The molecule has 1 saturated heterocycles. The summed E-state index contributed by atoms with van der Waals surface area (Å²) in [5.74, 6) is -0.973. The number of hydrogen-bond donors (Lipinski definition) is 4. The molecule has 0 bridgehead atoms. The molecule has 0 atom stereocenters.